The maximum Gasteiger partial charge on any atom is 0.261 e. The molecule has 0 heterocycles. The largest absolute Gasteiger partial charge is 0.494 e. The number of carbonyl (C=O) groups excluding carboxylic acids is 2. The van der Waals surface area contributed by atoms with Crippen LogP contribution in [0.3, 0.4) is 0 Å². The lowest BCUT2D eigenvalue weighted by Gasteiger charge is -2.12. The first kappa shape index (κ1) is 25.6. The Morgan fingerprint density at radius 1 is 0.857 bits per heavy atom. The molecule has 0 aliphatic carbocycles. The van der Waals surface area contributed by atoms with Crippen LogP contribution in [0.5, 0.6) is 11.5 Å². The Hall–Kier alpha value is -4.05. The molecule has 0 unspecified atom stereocenters. The van der Waals surface area contributed by atoms with E-state index in [0.29, 0.717) is 23.8 Å². The average Bonchev–Trinajstić information content (AvgIpc) is 2.83. The lowest BCUT2D eigenvalue weighted by molar-refractivity contribution is -0.130. The highest BCUT2D eigenvalue weighted by molar-refractivity contribution is 7.92. The molecule has 3 aromatic rings. The van der Waals surface area contributed by atoms with Gasteiger partial charge in [0, 0.05) is 31.0 Å². The zero-order valence-corrected chi connectivity index (χ0v) is 20.5. The van der Waals surface area contributed by atoms with E-state index in [0.717, 1.165) is 0 Å². The van der Waals surface area contributed by atoms with Crippen molar-refractivity contribution >= 4 is 33.2 Å². The van der Waals surface area contributed by atoms with E-state index in [9.17, 15) is 18.0 Å². The number of rotatable bonds is 10. The Kier molecular flexibility index (Phi) is 8.32. The summed E-state index contributed by atoms with van der Waals surface area (Å²) in [5.74, 6) is 0.486. The van der Waals surface area contributed by atoms with Gasteiger partial charge in [-0.1, -0.05) is 6.07 Å². The molecule has 184 valence electrons. The van der Waals surface area contributed by atoms with E-state index < -0.39 is 15.9 Å². The molecule has 9 nitrogen and oxygen atoms in total. The van der Waals surface area contributed by atoms with E-state index in [1.165, 1.54) is 23.1 Å². The number of nitrogens with zero attached hydrogens (tertiary/aromatic N) is 1. The van der Waals surface area contributed by atoms with Gasteiger partial charge in [0.1, 0.15) is 11.5 Å². The van der Waals surface area contributed by atoms with E-state index in [1.54, 1.807) is 68.7 Å². The van der Waals surface area contributed by atoms with Crippen molar-refractivity contribution in [2.45, 2.75) is 11.8 Å². The molecule has 0 fully saturated rings. The predicted octanol–water partition coefficient (Wildman–Crippen LogP) is 3.61. The number of nitrogens with one attached hydrogen (secondary N) is 2. The number of hydrogen-bond donors (Lipinski definition) is 2. The van der Waals surface area contributed by atoms with Crippen LogP contribution >= 0.6 is 0 Å². The molecule has 10 heteroatoms. The van der Waals surface area contributed by atoms with Crippen LogP contribution in [0.15, 0.2) is 77.7 Å². The van der Waals surface area contributed by atoms with E-state index in [2.05, 4.69) is 10.0 Å². The minimum atomic E-state index is -3.85. The lowest BCUT2D eigenvalue weighted by atomic mass is 10.2. The van der Waals surface area contributed by atoms with Gasteiger partial charge in [0.05, 0.1) is 11.5 Å². The Bertz CT molecular complexity index is 1270. The monoisotopic (exact) mass is 497 g/mol. The zero-order valence-electron chi connectivity index (χ0n) is 19.6. The maximum atomic E-state index is 12.7. The minimum absolute atomic E-state index is 0.0744. The molecule has 0 bridgehead atoms. The Labute approximate surface area is 204 Å². The van der Waals surface area contributed by atoms with Gasteiger partial charge in [-0.15, -0.1) is 0 Å². The molecule has 3 aromatic carbocycles. The quantitative estimate of drug-likeness (QED) is 0.442. The van der Waals surface area contributed by atoms with Gasteiger partial charge in [0.15, 0.2) is 6.61 Å². The predicted molar refractivity (Wildman–Crippen MR) is 133 cm³/mol. The van der Waals surface area contributed by atoms with Crippen LogP contribution in [0.1, 0.15) is 17.3 Å². The summed E-state index contributed by atoms with van der Waals surface area (Å²) in [4.78, 5) is 25.8. The number of likely N-dealkylation sites (N-methyl/N-ethyl adjacent to an activating group) is 1. The summed E-state index contributed by atoms with van der Waals surface area (Å²) in [7, 11) is -0.560. The Morgan fingerprint density at radius 3 is 2.11 bits per heavy atom. The molecule has 2 N–H and O–H groups in total. The van der Waals surface area contributed by atoms with E-state index in [1.807, 2.05) is 6.92 Å². The van der Waals surface area contributed by atoms with Crippen LogP contribution < -0.4 is 19.5 Å². The van der Waals surface area contributed by atoms with Gasteiger partial charge in [-0.25, -0.2) is 8.42 Å². The average molecular weight is 498 g/mol. The van der Waals surface area contributed by atoms with Gasteiger partial charge in [-0.3, -0.25) is 14.3 Å². The van der Waals surface area contributed by atoms with Gasteiger partial charge < -0.3 is 19.7 Å². The Morgan fingerprint density at radius 2 is 1.49 bits per heavy atom. The van der Waals surface area contributed by atoms with E-state index >= 15 is 0 Å². The fourth-order valence-corrected chi connectivity index (χ4v) is 3.98. The van der Waals surface area contributed by atoms with Crippen molar-refractivity contribution in [1.82, 2.24) is 4.90 Å². The number of anilines is 2. The molecule has 0 spiro atoms. The first-order valence-electron chi connectivity index (χ1n) is 10.8. The van der Waals surface area contributed by atoms with Gasteiger partial charge in [0.2, 0.25) is 0 Å². The van der Waals surface area contributed by atoms with E-state index in [-0.39, 0.29) is 28.7 Å². The highest BCUT2D eigenvalue weighted by atomic mass is 32.2. The number of sulfonamides is 1. The first-order chi connectivity index (χ1) is 16.7. The van der Waals surface area contributed by atoms with Crippen LogP contribution in [0.2, 0.25) is 0 Å². The highest BCUT2D eigenvalue weighted by Gasteiger charge is 2.16. The van der Waals surface area contributed by atoms with Crippen LogP contribution in [-0.2, 0) is 14.8 Å². The number of hydrogen-bond acceptors (Lipinski definition) is 6. The summed E-state index contributed by atoms with van der Waals surface area (Å²) >= 11 is 0. The van der Waals surface area contributed by atoms with Crippen LogP contribution in [0.4, 0.5) is 11.4 Å². The molecule has 0 saturated carbocycles. The molecule has 0 aliphatic rings. The van der Waals surface area contributed by atoms with Crippen LogP contribution in [0, 0.1) is 0 Å². The minimum Gasteiger partial charge on any atom is -0.494 e. The lowest BCUT2D eigenvalue weighted by Crippen LogP contribution is -2.27. The summed E-state index contributed by atoms with van der Waals surface area (Å²) in [6, 6.07) is 18.8. The number of benzene rings is 3. The first-order valence-corrected chi connectivity index (χ1v) is 12.3. The third-order valence-corrected chi connectivity index (χ3v) is 6.19. The van der Waals surface area contributed by atoms with Crippen LogP contribution in [0.25, 0.3) is 0 Å². The maximum absolute atomic E-state index is 12.7. The van der Waals surface area contributed by atoms with Crippen molar-refractivity contribution in [2.75, 3.05) is 37.3 Å². The van der Waals surface area contributed by atoms with Crippen molar-refractivity contribution in [2.24, 2.45) is 0 Å². The molecule has 0 saturated heterocycles. The van der Waals surface area contributed by atoms with Gasteiger partial charge in [-0.05, 0) is 73.7 Å². The van der Waals surface area contributed by atoms with Crippen LogP contribution in [-0.4, -0.2) is 52.4 Å². The number of carbonyl (C=O) groups is 2. The SMILES string of the molecule is CCOc1ccc(S(=O)(=O)Nc2cccc(C(=O)Nc3ccc(OCC(=O)N(C)C)cc3)c2)cc1. The molecule has 3 rings (SSSR count). The topological polar surface area (TPSA) is 114 Å². The Balaban J connectivity index is 1.64. The van der Waals surface area contributed by atoms with E-state index in [4.69, 9.17) is 9.47 Å². The number of amides is 2. The third kappa shape index (κ3) is 7.21. The summed E-state index contributed by atoms with van der Waals surface area (Å²) in [5.41, 5.74) is 1.04. The summed E-state index contributed by atoms with van der Waals surface area (Å²) < 4.78 is 38.7. The van der Waals surface area contributed by atoms with Gasteiger partial charge >= 0.3 is 0 Å². The molecular formula is C25H27N3O6S. The van der Waals surface area contributed by atoms with Crippen molar-refractivity contribution in [3.63, 3.8) is 0 Å². The molecule has 0 atom stereocenters. The third-order valence-electron chi connectivity index (χ3n) is 4.80. The molecular weight excluding hydrogens is 470 g/mol. The fraction of sp³-hybridized carbons (Fsp3) is 0.200. The summed E-state index contributed by atoms with van der Waals surface area (Å²) in [6.07, 6.45) is 0. The van der Waals surface area contributed by atoms with Crippen molar-refractivity contribution in [3.8, 4) is 11.5 Å². The molecule has 35 heavy (non-hydrogen) atoms. The second kappa shape index (κ2) is 11.4. The molecule has 0 radical (unpaired) electrons. The molecule has 0 aromatic heterocycles. The number of ether oxygens (including phenoxy) is 2. The normalized spacial score (nSPS) is 10.8. The highest BCUT2D eigenvalue weighted by Crippen LogP contribution is 2.21. The smallest absolute Gasteiger partial charge is 0.261 e. The summed E-state index contributed by atoms with van der Waals surface area (Å²) in [6.45, 7) is 2.24. The molecule has 2 amide bonds. The zero-order chi connectivity index (χ0) is 25.4. The van der Waals surface area contributed by atoms with Crippen molar-refractivity contribution in [1.29, 1.82) is 0 Å². The molecule has 0 aliphatic heterocycles. The van der Waals surface area contributed by atoms with Gasteiger partial charge in [0.25, 0.3) is 21.8 Å². The summed E-state index contributed by atoms with van der Waals surface area (Å²) in [5, 5.41) is 2.75. The van der Waals surface area contributed by atoms with Crippen molar-refractivity contribution < 1.29 is 27.5 Å². The second-order valence-electron chi connectivity index (χ2n) is 7.65. The van der Waals surface area contributed by atoms with Crippen molar-refractivity contribution in [3.05, 3.63) is 78.4 Å². The standard InChI is InChI=1S/C25H27N3O6S/c1-4-33-21-12-14-23(15-13-21)35(31,32)27-20-7-5-6-18(16-20)25(30)26-19-8-10-22(11-9-19)34-17-24(29)28(2)3/h5-16,27H,4,17H2,1-3H3,(H,26,30). The second-order valence-corrected chi connectivity index (χ2v) is 9.33. The fourth-order valence-electron chi connectivity index (χ4n) is 2.93. The van der Waals surface area contributed by atoms with Gasteiger partial charge in [-0.2, -0.15) is 0 Å².